The van der Waals surface area contributed by atoms with Crippen molar-refractivity contribution in [3.8, 4) is 11.5 Å². The van der Waals surface area contributed by atoms with E-state index in [0.29, 0.717) is 22.6 Å². The lowest BCUT2D eigenvalue weighted by atomic mass is 10.1. The normalized spacial score (nSPS) is 14.4. The minimum atomic E-state index is -0.930. The van der Waals surface area contributed by atoms with Crippen molar-refractivity contribution >= 4 is 35.6 Å². The van der Waals surface area contributed by atoms with Gasteiger partial charge in [-0.2, -0.15) is 0 Å². The highest BCUT2D eigenvalue weighted by Gasteiger charge is 2.37. The van der Waals surface area contributed by atoms with Gasteiger partial charge in [0.1, 0.15) is 29.5 Å². The molecular formula is C27H21FN2O7. The number of esters is 1. The van der Waals surface area contributed by atoms with Crippen molar-refractivity contribution in [1.29, 1.82) is 0 Å². The number of benzene rings is 3. The first-order valence-electron chi connectivity index (χ1n) is 11.0. The van der Waals surface area contributed by atoms with Crippen LogP contribution in [-0.2, 0) is 20.9 Å². The highest BCUT2D eigenvalue weighted by molar-refractivity contribution is 6.39. The lowest BCUT2D eigenvalue weighted by molar-refractivity contribution is -0.122. The number of urea groups is 1. The number of carbonyl (C=O) groups is 4. The van der Waals surface area contributed by atoms with Crippen LogP contribution in [0.5, 0.6) is 11.5 Å². The molecule has 0 unspecified atom stereocenters. The number of anilines is 1. The summed E-state index contributed by atoms with van der Waals surface area (Å²) in [6, 6.07) is 15.2. The summed E-state index contributed by atoms with van der Waals surface area (Å²) in [5.41, 5.74) is 1.13. The van der Waals surface area contributed by atoms with Crippen LogP contribution in [0.4, 0.5) is 14.9 Å². The maximum Gasteiger partial charge on any atom is 0.337 e. The molecule has 1 saturated heterocycles. The van der Waals surface area contributed by atoms with Gasteiger partial charge in [-0.05, 0) is 60.2 Å². The number of halogens is 1. The van der Waals surface area contributed by atoms with Crippen LogP contribution in [0.25, 0.3) is 6.08 Å². The summed E-state index contributed by atoms with van der Waals surface area (Å²) in [5, 5.41) is 2.15. The SMILES string of the molecule is COC(=O)c1ccc(N2C(=O)NC(=O)/C(=C\c3ccc(OC)cc3OCc3ccc(F)cc3)C2=O)cc1. The molecule has 0 saturated carbocycles. The molecule has 0 spiro atoms. The largest absolute Gasteiger partial charge is 0.497 e. The number of nitrogens with one attached hydrogen (secondary N) is 1. The van der Waals surface area contributed by atoms with Gasteiger partial charge in [0.2, 0.25) is 0 Å². The molecule has 0 radical (unpaired) electrons. The molecule has 1 aliphatic rings. The molecule has 10 heteroatoms. The fraction of sp³-hybridized carbons (Fsp3) is 0.111. The van der Waals surface area contributed by atoms with Gasteiger partial charge in [-0.25, -0.2) is 18.9 Å². The fourth-order valence-electron chi connectivity index (χ4n) is 3.54. The van der Waals surface area contributed by atoms with Gasteiger partial charge in [0.05, 0.1) is 25.5 Å². The number of amides is 4. The first-order valence-corrected chi connectivity index (χ1v) is 11.0. The van der Waals surface area contributed by atoms with E-state index in [4.69, 9.17) is 9.47 Å². The molecule has 0 aromatic heterocycles. The van der Waals surface area contributed by atoms with Crippen molar-refractivity contribution in [2.24, 2.45) is 0 Å². The van der Waals surface area contributed by atoms with Crippen molar-refractivity contribution in [3.05, 3.63) is 94.8 Å². The van der Waals surface area contributed by atoms with Gasteiger partial charge in [0.15, 0.2) is 0 Å². The molecular weight excluding hydrogens is 483 g/mol. The summed E-state index contributed by atoms with van der Waals surface area (Å²) in [6.07, 6.45) is 1.30. The average molecular weight is 504 g/mol. The van der Waals surface area contributed by atoms with Crippen molar-refractivity contribution in [3.63, 3.8) is 0 Å². The van der Waals surface area contributed by atoms with Crippen molar-refractivity contribution < 1.29 is 37.8 Å². The van der Waals surface area contributed by atoms with Crippen LogP contribution in [0.3, 0.4) is 0 Å². The molecule has 9 nitrogen and oxygen atoms in total. The predicted octanol–water partition coefficient (Wildman–Crippen LogP) is 3.87. The molecule has 4 amide bonds. The van der Waals surface area contributed by atoms with Gasteiger partial charge >= 0.3 is 12.0 Å². The third-order valence-electron chi connectivity index (χ3n) is 5.48. The molecule has 0 bridgehead atoms. The maximum atomic E-state index is 13.3. The van der Waals surface area contributed by atoms with Crippen molar-refractivity contribution in [2.45, 2.75) is 6.61 Å². The van der Waals surface area contributed by atoms with Gasteiger partial charge in [0.25, 0.3) is 11.8 Å². The summed E-state index contributed by atoms with van der Waals surface area (Å²) in [4.78, 5) is 50.9. The summed E-state index contributed by atoms with van der Waals surface area (Å²) in [5.74, 6) is -1.93. The van der Waals surface area contributed by atoms with Crippen LogP contribution in [0.2, 0.25) is 0 Å². The number of imide groups is 2. The van der Waals surface area contributed by atoms with Crippen LogP contribution in [0.15, 0.2) is 72.3 Å². The number of hydrogen-bond donors (Lipinski definition) is 1. The van der Waals surface area contributed by atoms with Crippen LogP contribution in [-0.4, -0.2) is 38.0 Å². The zero-order valence-corrected chi connectivity index (χ0v) is 19.8. The Labute approximate surface area is 211 Å². The molecule has 1 aliphatic heterocycles. The second-order valence-electron chi connectivity index (χ2n) is 7.82. The molecule has 3 aromatic rings. The Morgan fingerprint density at radius 2 is 1.68 bits per heavy atom. The lowest BCUT2D eigenvalue weighted by Gasteiger charge is -2.26. The Bertz CT molecular complexity index is 1400. The second-order valence-corrected chi connectivity index (χ2v) is 7.82. The summed E-state index contributed by atoms with van der Waals surface area (Å²) < 4.78 is 29.0. The minimum Gasteiger partial charge on any atom is -0.497 e. The van der Waals surface area contributed by atoms with Crippen LogP contribution >= 0.6 is 0 Å². The van der Waals surface area contributed by atoms with E-state index in [1.165, 1.54) is 56.7 Å². The van der Waals surface area contributed by atoms with E-state index in [1.807, 2.05) is 0 Å². The number of barbiturate groups is 1. The third-order valence-corrected chi connectivity index (χ3v) is 5.48. The zero-order valence-electron chi connectivity index (χ0n) is 19.8. The van der Waals surface area contributed by atoms with Crippen LogP contribution in [0.1, 0.15) is 21.5 Å². The molecule has 0 atom stereocenters. The van der Waals surface area contributed by atoms with E-state index in [9.17, 15) is 23.6 Å². The fourth-order valence-corrected chi connectivity index (χ4v) is 3.54. The lowest BCUT2D eigenvalue weighted by Crippen LogP contribution is -2.54. The molecule has 4 rings (SSSR count). The number of carbonyl (C=O) groups excluding carboxylic acids is 4. The molecule has 1 heterocycles. The summed E-state index contributed by atoms with van der Waals surface area (Å²) in [7, 11) is 2.71. The Morgan fingerprint density at radius 1 is 0.973 bits per heavy atom. The third kappa shape index (κ3) is 5.48. The molecule has 1 N–H and O–H groups in total. The van der Waals surface area contributed by atoms with E-state index in [1.54, 1.807) is 30.3 Å². The van der Waals surface area contributed by atoms with E-state index < -0.39 is 23.8 Å². The maximum absolute atomic E-state index is 13.3. The van der Waals surface area contributed by atoms with E-state index in [0.717, 1.165) is 4.90 Å². The summed E-state index contributed by atoms with van der Waals surface area (Å²) in [6.45, 7) is 0.0842. The van der Waals surface area contributed by atoms with Crippen LogP contribution in [0, 0.1) is 5.82 Å². The number of rotatable bonds is 7. The topological polar surface area (TPSA) is 111 Å². The molecule has 37 heavy (non-hydrogen) atoms. The first kappa shape index (κ1) is 25.1. The number of nitrogens with zero attached hydrogens (tertiary/aromatic N) is 1. The highest BCUT2D eigenvalue weighted by atomic mass is 19.1. The Kier molecular flexibility index (Phi) is 7.28. The quantitative estimate of drug-likeness (QED) is 0.295. The second kappa shape index (κ2) is 10.7. The van der Waals surface area contributed by atoms with Gasteiger partial charge in [0, 0.05) is 11.6 Å². The van der Waals surface area contributed by atoms with E-state index >= 15 is 0 Å². The first-order chi connectivity index (χ1) is 17.8. The number of hydrogen-bond acceptors (Lipinski definition) is 7. The molecule has 188 valence electrons. The Balaban J connectivity index is 1.65. The molecule has 0 aliphatic carbocycles. The predicted molar refractivity (Wildman–Crippen MR) is 131 cm³/mol. The highest BCUT2D eigenvalue weighted by Crippen LogP contribution is 2.29. The van der Waals surface area contributed by atoms with Gasteiger partial charge in [-0.3, -0.25) is 14.9 Å². The molecule has 1 fully saturated rings. The Morgan fingerprint density at radius 3 is 2.32 bits per heavy atom. The summed E-state index contributed by atoms with van der Waals surface area (Å²) >= 11 is 0. The smallest absolute Gasteiger partial charge is 0.337 e. The monoisotopic (exact) mass is 504 g/mol. The minimum absolute atomic E-state index is 0.0842. The van der Waals surface area contributed by atoms with Gasteiger partial charge < -0.3 is 14.2 Å². The van der Waals surface area contributed by atoms with E-state index in [-0.39, 0.29) is 29.2 Å². The molecule has 3 aromatic carbocycles. The van der Waals surface area contributed by atoms with Crippen molar-refractivity contribution in [1.82, 2.24) is 5.32 Å². The number of methoxy groups -OCH3 is 2. The standard InChI is InChI=1S/C27H21FN2O7/c1-35-21-12-7-18(23(14-21)37-15-16-3-8-19(28)9-4-16)13-22-24(31)29-27(34)30(25(22)32)20-10-5-17(6-11-20)26(33)36-2/h3-14H,15H2,1-2H3,(H,29,31,34)/b22-13+. The Hall–Kier alpha value is -4.99. The zero-order chi connectivity index (χ0) is 26.5. The van der Waals surface area contributed by atoms with Crippen LogP contribution < -0.4 is 19.7 Å². The average Bonchev–Trinajstić information content (AvgIpc) is 2.91. The van der Waals surface area contributed by atoms with Gasteiger partial charge in [-0.15, -0.1) is 0 Å². The van der Waals surface area contributed by atoms with Crippen molar-refractivity contribution in [2.75, 3.05) is 19.1 Å². The van der Waals surface area contributed by atoms with E-state index in [2.05, 4.69) is 10.1 Å². The number of ether oxygens (including phenoxy) is 3. The van der Waals surface area contributed by atoms with Gasteiger partial charge in [-0.1, -0.05) is 12.1 Å².